The number of nitrogens with zero attached hydrogens (tertiary/aromatic N) is 1. The number of fused-ring (bicyclic) bond motifs is 1. The first kappa shape index (κ1) is 27.7. The predicted molar refractivity (Wildman–Crippen MR) is 136 cm³/mol. The number of hydrogen-bond acceptors (Lipinski definition) is 8. The van der Waals surface area contributed by atoms with Gasteiger partial charge in [-0.3, -0.25) is 9.59 Å². The zero-order chi connectivity index (χ0) is 26.1. The van der Waals surface area contributed by atoms with Gasteiger partial charge in [0, 0.05) is 11.5 Å². The van der Waals surface area contributed by atoms with Gasteiger partial charge in [0.2, 0.25) is 6.29 Å². The summed E-state index contributed by atoms with van der Waals surface area (Å²) in [4.78, 5) is 30.7. The van der Waals surface area contributed by atoms with Gasteiger partial charge in [0.15, 0.2) is 0 Å². The minimum atomic E-state index is -1.27. The summed E-state index contributed by atoms with van der Waals surface area (Å²) < 4.78 is 13.1. The van der Waals surface area contributed by atoms with Gasteiger partial charge in [-0.2, -0.15) is 0 Å². The van der Waals surface area contributed by atoms with Crippen LogP contribution >= 0.6 is 11.3 Å². The molecule has 1 aromatic carbocycles. The first-order valence-electron chi connectivity index (χ1n) is 12.4. The summed E-state index contributed by atoms with van der Waals surface area (Å²) in [5.41, 5.74) is -0.383. The van der Waals surface area contributed by atoms with Crippen LogP contribution in [0.1, 0.15) is 84.1 Å². The Kier molecular flexibility index (Phi) is 8.41. The average Bonchev–Trinajstić information content (AvgIpc) is 3.15. The summed E-state index contributed by atoms with van der Waals surface area (Å²) >= 11 is 1.59. The Balaban J connectivity index is 1.94. The first-order valence-corrected chi connectivity index (χ1v) is 13.2. The van der Waals surface area contributed by atoms with Gasteiger partial charge in [-0.25, -0.2) is 4.98 Å². The molecule has 1 saturated heterocycles. The maximum Gasteiger partial charge on any atom is 0.311 e. The summed E-state index contributed by atoms with van der Waals surface area (Å²) in [5.74, 6) is -1.71. The minimum Gasteiger partial charge on any atom is -0.431 e. The number of carbonyl (C=O) groups excluding carboxylic acids is 2. The lowest BCUT2D eigenvalue weighted by Crippen LogP contribution is -2.45. The molecule has 0 bridgehead atoms. The van der Waals surface area contributed by atoms with Crippen LogP contribution in [0.5, 0.6) is 0 Å². The van der Waals surface area contributed by atoms with E-state index in [1.165, 1.54) is 0 Å². The van der Waals surface area contributed by atoms with Crippen molar-refractivity contribution in [1.29, 1.82) is 0 Å². The van der Waals surface area contributed by atoms with E-state index in [1.54, 1.807) is 32.1 Å². The lowest BCUT2D eigenvalue weighted by Gasteiger charge is -2.34. The lowest BCUT2D eigenvalue weighted by molar-refractivity contribution is -0.213. The van der Waals surface area contributed by atoms with Gasteiger partial charge in [0.1, 0.15) is 5.78 Å². The van der Waals surface area contributed by atoms with Gasteiger partial charge < -0.3 is 19.7 Å². The summed E-state index contributed by atoms with van der Waals surface area (Å²) in [6, 6.07) is 5.67. The number of carbonyl (C=O) groups is 2. The molecular weight excluding hydrogens is 466 g/mol. The molecule has 194 valence electrons. The molecule has 1 aromatic heterocycles. The van der Waals surface area contributed by atoms with E-state index in [4.69, 9.17) is 9.47 Å². The van der Waals surface area contributed by atoms with Crippen LogP contribution in [0.25, 0.3) is 10.2 Å². The van der Waals surface area contributed by atoms with E-state index in [2.05, 4.69) is 4.98 Å². The molecule has 5 atom stereocenters. The van der Waals surface area contributed by atoms with E-state index in [0.717, 1.165) is 21.6 Å². The zero-order valence-electron chi connectivity index (χ0n) is 21.8. The molecule has 0 aliphatic carbocycles. The second kappa shape index (κ2) is 10.6. The standard InChI is InChI=1S/C27H39NO6S/c1-15-9-8-12-26(4,5)34-25(18-10-11-20-19(13-18)28-17(3)35-20)33-22(30)14-21(29)27(6,7)24(32)16(2)23(15)31/h10-11,13,15-16,21,23,25,29,31H,8-9,12,14H2,1-7H3. The molecule has 7 nitrogen and oxygen atoms in total. The van der Waals surface area contributed by atoms with Crippen molar-refractivity contribution in [2.75, 3.05) is 0 Å². The SMILES string of the molecule is Cc1nc2cc(C3OC(=O)CC(O)C(C)(C)C(=O)C(C)C(O)C(C)CCCC(C)(C)O3)ccc2s1. The molecule has 35 heavy (non-hydrogen) atoms. The van der Waals surface area contributed by atoms with E-state index in [0.29, 0.717) is 18.4 Å². The number of cyclic esters (lactones) is 1. The van der Waals surface area contributed by atoms with Crippen molar-refractivity contribution in [1.82, 2.24) is 4.98 Å². The molecule has 0 saturated carbocycles. The maximum atomic E-state index is 13.2. The molecule has 2 N–H and O–H groups in total. The minimum absolute atomic E-state index is 0.105. The van der Waals surface area contributed by atoms with Crippen molar-refractivity contribution in [3.8, 4) is 0 Å². The average molecular weight is 506 g/mol. The first-order chi connectivity index (χ1) is 16.2. The van der Waals surface area contributed by atoms with Crippen LogP contribution in [0.4, 0.5) is 0 Å². The number of aromatic nitrogens is 1. The number of aliphatic hydroxyl groups is 2. The van der Waals surface area contributed by atoms with E-state index in [1.807, 2.05) is 45.9 Å². The molecule has 1 aliphatic rings. The summed E-state index contributed by atoms with van der Waals surface area (Å²) in [7, 11) is 0. The second-order valence-electron chi connectivity index (χ2n) is 11.1. The van der Waals surface area contributed by atoms with Gasteiger partial charge in [0.05, 0.1) is 44.9 Å². The van der Waals surface area contributed by atoms with E-state index >= 15 is 0 Å². The Bertz CT molecular complexity index is 1060. The van der Waals surface area contributed by atoms with E-state index in [-0.39, 0.29) is 18.1 Å². The van der Waals surface area contributed by atoms with E-state index in [9.17, 15) is 19.8 Å². The number of Topliss-reactive ketones (excluding diaryl/α,β-unsaturated/α-hetero) is 1. The summed E-state index contributed by atoms with van der Waals surface area (Å²) in [5, 5.41) is 22.6. The zero-order valence-corrected chi connectivity index (χ0v) is 22.6. The fraction of sp³-hybridized carbons (Fsp3) is 0.667. The maximum absolute atomic E-state index is 13.2. The molecule has 3 rings (SSSR count). The Labute approximate surface area is 211 Å². The van der Waals surface area contributed by atoms with Crippen LogP contribution in [0, 0.1) is 24.2 Å². The highest BCUT2D eigenvalue weighted by Crippen LogP contribution is 2.36. The number of benzene rings is 1. The second-order valence-corrected chi connectivity index (χ2v) is 12.3. The van der Waals surface area contributed by atoms with Gasteiger partial charge in [-0.1, -0.05) is 40.2 Å². The number of aliphatic hydroxyl groups excluding tert-OH is 2. The molecule has 5 unspecified atom stereocenters. The molecule has 8 heteroatoms. The number of rotatable bonds is 1. The molecule has 0 spiro atoms. The van der Waals surface area contributed by atoms with Gasteiger partial charge in [-0.15, -0.1) is 11.3 Å². The van der Waals surface area contributed by atoms with Crippen LogP contribution in [-0.4, -0.2) is 44.8 Å². The third-order valence-corrected chi connectivity index (χ3v) is 8.18. The quantitative estimate of drug-likeness (QED) is 0.519. The topological polar surface area (TPSA) is 106 Å². The molecule has 0 amide bonds. The molecule has 1 aliphatic heterocycles. The van der Waals surface area contributed by atoms with Crippen LogP contribution in [0.3, 0.4) is 0 Å². The molecule has 2 aromatic rings. The number of esters is 1. The summed E-state index contributed by atoms with van der Waals surface area (Å²) in [6.07, 6.45) is -1.30. The van der Waals surface area contributed by atoms with Crippen molar-refractivity contribution in [2.24, 2.45) is 17.3 Å². The molecule has 2 heterocycles. The van der Waals surface area contributed by atoms with Crippen LogP contribution < -0.4 is 0 Å². The van der Waals surface area contributed by atoms with Crippen molar-refractivity contribution < 1.29 is 29.3 Å². The molecule has 0 radical (unpaired) electrons. The molecule has 1 fully saturated rings. The van der Waals surface area contributed by atoms with Crippen LogP contribution in [-0.2, 0) is 19.1 Å². The fourth-order valence-corrected chi connectivity index (χ4v) is 5.52. The monoisotopic (exact) mass is 505 g/mol. The highest BCUT2D eigenvalue weighted by atomic mass is 32.1. The number of thiazole rings is 1. The normalized spacial score (nSPS) is 30.9. The van der Waals surface area contributed by atoms with Gasteiger partial charge in [0.25, 0.3) is 0 Å². The fourth-order valence-electron chi connectivity index (χ4n) is 4.72. The van der Waals surface area contributed by atoms with Crippen molar-refractivity contribution in [3.63, 3.8) is 0 Å². The largest absolute Gasteiger partial charge is 0.431 e. The van der Waals surface area contributed by atoms with Crippen molar-refractivity contribution in [2.45, 2.75) is 98.2 Å². The Hall–Kier alpha value is -1.87. The smallest absolute Gasteiger partial charge is 0.311 e. The number of hydrogen-bond donors (Lipinski definition) is 2. The highest BCUT2D eigenvalue weighted by molar-refractivity contribution is 7.18. The van der Waals surface area contributed by atoms with Crippen molar-refractivity contribution in [3.05, 3.63) is 28.8 Å². The Morgan fingerprint density at radius 2 is 1.80 bits per heavy atom. The summed E-state index contributed by atoms with van der Waals surface area (Å²) in [6.45, 7) is 12.7. The lowest BCUT2D eigenvalue weighted by atomic mass is 9.73. The van der Waals surface area contributed by atoms with Gasteiger partial charge >= 0.3 is 5.97 Å². The highest BCUT2D eigenvalue weighted by Gasteiger charge is 2.42. The predicted octanol–water partition coefficient (Wildman–Crippen LogP) is 5.11. The Morgan fingerprint density at radius 1 is 1.11 bits per heavy atom. The third kappa shape index (κ3) is 6.47. The van der Waals surface area contributed by atoms with Crippen LogP contribution in [0.15, 0.2) is 18.2 Å². The van der Waals surface area contributed by atoms with E-state index < -0.39 is 41.4 Å². The number of aryl methyl sites for hydroxylation is 1. The molecular formula is C27H39NO6S. The number of ketones is 1. The third-order valence-electron chi connectivity index (χ3n) is 7.23. The van der Waals surface area contributed by atoms with Crippen LogP contribution in [0.2, 0.25) is 0 Å². The van der Waals surface area contributed by atoms with Gasteiger partial charge in [-0.05, 0) is 51.7 Å². The Morgan fingerprint density at radius 3 is 2.49 bits per heavy atom. The van der Waals surface area contributed by atoms with Crippen molar-refractivity contribution >= 4 is 33.3 Å². The number of ether oxygens (including phenoxy) is 2.